The molecule has 0 unspecified atom stereocenters. The number of hydrogen-bond donors (Lipinski definition) is 0. The van der Waals surface area contributed by atoms with Crippen molar-refractivity contribution in [2.24, 2.45) is 13.0 Å². The largest absolute Gasteiger partial charge is 0.343 e. The first-order valence-electron chi connectivity index (χ1n) is 10.2. The summed E-state index contributed by atoms with van der Waals surface area (Å²) in [7, 11) is 1.93. The normalized spacial score (nSPS) is 21.7. The highest BCUT2D eigenvalue weighted by Crippen LogP contribution is 2.32. The lowest BCUT2D eigenvalue weighted by Gasteiger charge is -2.32. The van der Waals surface area contributed by atoms with Gasteiger partial charge in [-0.25, -0.2) is 4.98 Å². The number of carbonyl (C=O) groups is 2. The van der Waals surface area contributed by atoms with Crippen LogP contribution in [-0.4, -0.2) is 44.4 Å². The molecule has 1 saturated carbocycles. The Morgan fingerprint density at radius 2 is 2.04 bits per heavy atom. The molecule has 6 nitrogen and oxygen atoms in total. The number of hydrogen-bond acceptors (Lipinski definition) is 4. The predicted octanol–water partition coefficient (Wildman–Crippen LogP) is 3.21. The second kappa shape index (κ2) is 7.79. The minimum atomic E-state index is 0.118. The first kappa shape index (κ1) is 18.1. The molecule has 1 amide bonds. The molecule has 0 bridgehead atoms. The summed E-state index contributed by atoms with van der Waals surface area (Å²) in [5, 5.41) is 5.83. The second-order valence-electron chi connectivity index (χ2n) is 7.99. The summed E-state index contributed by atoms with van der Waals surface area (Å²) >= 11 is 0. The Balaban J connectivity index is 1.33. The Morgan fingerprint density at radius 1 is 1.22 bits per heavy atom. The molecule has 4 rings (SSSR count). The van der Waals surface area contributed by atoms with Gasteiger partial charge in [0.15, 0.2) is 5.65 Å². The van der Waals surface area contributed by atoms with E-state index in [2.05, 4.69) is 11.1 Å². The number of aromatic nitrogens is 3. The van der Waals surface area contributed by atoms with Crippen LogP contribution in [0.15, 0.2) is 18.3 Å². The molecule has 1 aliphatic heterocycles. The molecule has 0 N–H and O–H groups in total. The quantitative estimate of drug-likeness (QED) is 0.831. The van der Waals surface area contributed by atoms with E-state index in [1.807, 2.05) is 22.7 Å². The number of ketones is 1. The molecule has 2 aliphatic rings. The number of amides is 1. The van der Waals surface area contributed by atoms with Gasteiger partial charge in [0.1, 0.15) is 5.78 Å². The van der Waals surface area contributed by atoms with Gasteiger partial charge < -0.3 is 4.90 Å². The Morgan fingerprint density at radius 3 is 2.81 bits per heavy atom. The highest BCUT2D eigenvalue weighted by atomic mass is 16.2. The molecule has 0 radical (unpaired) electrons. The summed E-state index contributed by atoms with van der Waals surface area (Å²) in [6, 6.07) is 4.04. The molecule has 0 spiro atoms. The standard InChI is InChI=1S/C21H28N4O2/c1-24-21-17(6-4-12-22-21)20(23-24)16-10-13-25(14-11-16)19(27)9-8-15-5-2-3-7-18(15)26/h4,6,12,15-16H,2-3,5,7-11,13-14H2,1H3/t15-/m1/s1. The third-order valence-corrected chi connectivity index (χ3v) is 6.25. The van der Waals surface area contributed by atoms with Crippen LogP contribution in [0, 0.1) is 5.92 Å². The summed E-state index contributed by atoms with van der Waals surface area (Å²) in [5.41, 5.74) is 2.03. The molecule has 2 aromatic heterocycles. The highest BCUT2D eigenvalue weighted by Gasteiger charge is 2.28. The van der Waals surface area contributed by atoms with Crippen molar-refractivity contribution in [2.45, 2.75) is 57.3 Å². The van der Waals surface area contributed by atoms with Crippen LogP contribution in [0.4, 0.5) is 0 Å². The number of piperidine rings is 1. The molecule has 3 heterocycles. The van der Waals surface area contributed by atoms with Crippen molar-refractivity contribution >= 4 is 22.7 Å². The fraction of sp³-hybridized carbons (Fsp3) is 0.619. The van der Waals surface area contributed by atoms with Crippen LogP contribution in [0.1, 0.15) is 63.0 Å². The van der Waals surface area contributed by atoms with E-state index in [-0.39, 0.29) is 11.8 Å². The number of carbonyl (C=O) groups excluding carboxylic acids is 2. The zero-order valence-electron chi connectivity index (χ0n) is 16.1. The van der Waals surface area contributed by atoms with Crippen LogP contribution in [-0.2, 0) is 16.6 Å². The lowest BCUT2D eigenvalue weighted by molar-refractivity contribution is -0.133. The van der Waals surface area contributed by atoms with Gasteiger partial charge in [0, 0.05) is 56.4 Å². The molecule has 1 aliphatic carbocycles. The van der Waals surface area contributed by atoms with Crippen molar-refractivity contribution in [3.8, 4) is 0 Å². The molecule has 2 fully saturated rings. The van der Waals surface area contributed by atoms with E-state index in [1.165, 1.54) is 0 Å². The fourth-order valence-electron chi connectivity index (χ4n) is 4.64. The topological polar surface area (TPSA) is 68.1 Å². The second-order valence-corrected chi connectivity index (χ2v) is 7.99. The first-order chi connectivity index (χ1) is 13.1. The number of rotatable bonds is 4. The van der Waals surface area contributed by atoms with Crippen molar-refractivity contribution in [2.75, 3.05) is 13.1 Å². The molecule has 1 atom stereocenters. The lowest BCUT2D eigenvalue weighted by Crippen LogP contribution is -2.38. The van der Waals surface area contributed by atoms with E-state index < -0.39 is 0 Å². The molecule has 27 heavy (non-hydrogen) atoms. The van der Waals surface area contributed by atoms with E-state index in [9.17, 15) is 9.59 Å². The zero-order chi connectivity index (χ0) is 18.8. The number of nitrogens with zero attached hydrogens (tertiary/aromatic N) is 4. The maximum absolute atomic E-state index is 12.6. The van der Waals surface area contributed by atoms with Crippen molar-refractivity contribution in [3.63, 3.8) is 0 Å². The smallest absolute Gasteiger partial charge is 0.222 e. The maximum atomic E-state index is 12.6. The molecule has 144 valence electrons. The van der Waals surface area contributed by atoms with Crippen molar-refractivity contribution < 1.29 is 9.59 Å². The SMILES string of the molecule is Cn1nc(C2CCN(C(=O)CC[C@H]3CCCCC3=O)CC2)c2cccnc21. The summed E-state index contributed by atoms with van der Waals surface area (Å²) in [6.45, 7) is 1.56. The van der Waals surface area contributed by atoms with Crippen LogP contribution in [0.5, 0.6) is 0 Å². The van der Waals surface area contributed by atoms with Gasteiger partial charge in [0.25, 0.3) is 0 Å². The number of Topliss-reactive ketones (excluding diaryl/α,β-unsaturated/α-hetero) is 1. The van der Waals surface area contributed by atoms with Crippen LogP contribution in [0.25, 0.3) is 11.0 Å². The van der Waals surface area contributed by atoms with E-state index >= 15 is 0 Å². The molecular formula is C21H28N4O2. The van der Waals surface area contributed by atoms with Crippen molar-refractivity contribution in [1.82, 2.24) is 19.7 Å². The Labute approximate surface area is 159 Å². The summed E-state index contributed by atoms with van der Waals surface area (Å²) in [5.74, 6) is 1.07. The van der Waals surface area contributed by atoms with Gasteiger partial charge in [-0.3, -0.25) is 14.3 Å². The van der Waals surface area contributed by atoms with Gasteiger partial charge in [0.05, 0.1) is 5.69 Å². The third-order valence-electron chi connectivity index (χ3n) is 6.25. The third kappa shape index (κ3) is 3.75. The predicted molar refractivity (Wildman–Crippen MR) is 103 cm³/mol. The minimum Gasteiger partial charge on any atom is -0.343 e. The monoisotopic (exact) mass is 368 g/mol. The number of aryl methyl sites for hydroxylation is 1. The molecule has 6 heteroatoms. The first-order valence-corrected chi connectivity index (χ1v) is 10.2. The van der Waals surface area contributed by atoms with Gasteiger partial charge in [-0.15, -0.1) is 0 Å². The summed E-state index contributed by atoms with van der Waals surface area (Å²) < 4.78 is 1.85. The molecule has 0 aromatic carbocycles. The van der Waals surface area contributed by atoms with Gasteiger partial charge in [0.2, 0.25) is 5.91 Å². The zero-order valence-corrected chi connectivity index (χ0v) is 16.1. The van der Waals surface area contributed by atoms with Crippen LogP contribution < -0.4 is 0 Å². The molecular weight excluding hydrogens is 340 g/mol. The average molecular weight is 368 g/mol. The van der Waals surface area contributed by atoms with E-state index in [4.69, 9.17) is 5.10 Å². The van der Waals surface area contributed by atoms with Crippen molar-refractivity contribution in [1.29, 1.82) is 0 Å². The van der Waals surface area contributed by atoms with Gasteiger partial charge in [-0.2, -0.15) is 5.10 Å². The Kier molecular flexibility index (Phi) is 5.23. The highest BCUT2D eigenvalue weighted by molar-refractivity contribution is 5.83. The van der Waals surface area contributed by atoms with Crippen LogP contribution in [0.2, 0.25) is 0 Å². The molecule has 1 saturated heterocycles. The minimum absolute atomic E-state index is 0.118. The Hall–Kier alpha value is -2.24. The maximum Gasteiger partial charge on any atom is 0.222 e. The lowest BCUT2D eigenvalue weighted by atomic mass is 9.84. The Bertz CT molecular complexity index is 836. The van der Waals surface area contributed by atoms with Crippen molar-refractivity contribution in [3.05, 3.63) is 24.0 Å². The van der Waals surface area contributed by atoms with Crippen LogP contribution in [0.3, 0.4) is 0 Å². The number of fused-ring (bicyclic) bond motifs is 1. The van der Waals surface area contributed by atoms with E-state index in [0.29, 0.717) is 24.5 Å². The van der Waals surface area contributed by atoms with Gasteiger partial charge >= 0.3 is 0 Å². The average Bonchev–Trinajstić information content (AvgIpc) is 3.04. The summed E-state index contributed by atoms with van der Waals surface area (Å²) in [4.78, 5) is 30.9. The summed E-state index contributed by atoms with van der Waals surface area (Å²) in [6.07, 6.45) is 8.74. The van der Waals surface area contributed by atoms with E-state index in [1.54, 1.807) is 6.20 Å². The fourth-order valence-corrected chi connectivity index (χ4v) is 4.64. The number of likely N-dealkylation sites (tertiary alicyclic amines) is 1. The van der Waals surface area contributed by atoms with Gasteiger partial charge in [-0.1, -0.05) is 6.42 Å². The molecule has 2 aromatic rings. The van der Waals surface area contributed by atoms with E-state index in [0.717, 1.165) is 68.3 Å². The van der Waals surface area contributed by atoms with Gasteiger partial charge in [-0.05, 0) is 44.2 Å². The number of pyridine rings is 1. The van der Waals surface area contributed by atoms with Crippen LogP contribution >= 0.6 is 0 Å².